The summed E-state index contributed by atoms with van der Waals surface area (Å²) in [4.78, 5) is 12.4. The molecule has 0 fully saturated rings. The van der Waals surface area contributed by atoms with Gasteiger partial charge in [0.2, 0.25) is 0 Å². The van der Waals surface area contributed by atoms with Crippen LogP contribution < -0.4 is 0 Å². The molecule has 0 aliphatic carbocycles. The van der Waals surface area contributed by atoms with Crippen molar-refractivity contribution >= 4 is 14.3 Å². The van der Waals surface area contributed by atoms with Gasteiger partial charge in [0.15, 0.2) is 0 Å². The van der Waals surface area contributed by atoms with Crippen molar-refractivity contribution in [1.82, 2.24) is 0 Å². The number of carbonyl (C=O) groups excluding carboxylic acids is 1. The van der Waals surface area contributed by atoms with Gasteiger partial charge in [0.1, 0.15) is 0 Å². The largest absolute Gasteiger partial charge is 0.515 e. The Kier molecular flexibility index (Phi) is 7.94. The second-order valence-electron chi connectivity index (χ2n) is 7.24. The van der Waals surface area contributed by atoms with Crippen molar-refractivity contribution in [2.75, 3.05) is 0 Å². The SMILES string of the molecule is C=C(C)C(=O)O[Si](C(CC)CC)(C(CC)CC)C(C)(C)C. The molecule has 0 N–H and O–H groups in total. The van der Waals surface area contributed by atoms with E-state index in [1.165, 1.54) is 0 Å². The molecule has 0 heterocycles. The molecule has 124 valence electrons. The summed E-state index contributed by atoms with van der Waals surface area (Å²) in [7, 11) is -2.29. The summed E-state index contributed by atoms with van der Waals surface area (Å²) < 4.78 is 6.35. The van der Waals surface area contributed by atoms with Crippen LogP contribution in [0.15, 0.2) is 12.2 Å². The summed E-state index contributed by atoms with van der Waals surface area (Å²) in [6, 6.07) is 0. The van der Waals surface area contributed by atoms with Crippen molar-refractivity contribution < 1.29 is 9.22 Å². The molecule has 0 radical (unpaired) electrons. The summed E-state index contributed by atoms with van der Waals surface area (Å²) in [5.74, 6) is -0.185. The van der Waals surface area contributed by atoms with Crippen molar-refractivity contribution in [3.8, 4) is 0 Å². The molecule has 2 nitrogen and oxygen atoms in total. The van der Waals surface area contributed by atoms with Gasteiger partial charge in [-0.2, -0.15) is 0 Å². The van der Waals surface area contributed by atoms with Crippen molar-refractivity contribution in [2.45, 2.75) is 97.2 Å². The maximum absolute atomic E-state index is 12.4. The Hall–Kier alpha value is -0.573. The van der Waals surface area contributed by atoms with E-state index in [0.717, 1.165) is 25.7 Å². The Morgan fingerprint density at radius 1 is 1.00 bits per heavy atom. The molecular formula is C18H36O2Si. The van der Waals surface area contributed by atoms with Gasteiger partial charge in [-0.15, -0.1) is 0 Å². The van der Waals surface area contributed by atoms with Gasteiger partial charge >= 0.3 is 5.97 Å². The first-order valence-corrected chi connectivity index (χ1v) is 10.6. The predicted molar refractivity (Wildman–Crippen MR) is 95.0 cm³/mol. The molecule has 0 aliphatic rings. The molecule has 0 saturated carbocycles. The van der Waals surface area contributed by atoms with E-state index in [4.69, 9.17) is 4.43 Å². The zero-order valence-corrected chi connectivity index (χ0v) is 16.5. The summed E-state index contributed by atoms with van der Waals surface area (Å²) in [6.07, 6.45) is 4.33. The maximum atomic E-state index is 12.4. The monoisotopic (exact) mass is 312 g/mol. The van der Waals surface area contributed by atoms with Gasteiger partial charge in [0.05, 0.1) is 0 Å². The van der Waals surface area contributed by atoms with E-state index in [1.807, 2.05) is 0 Å². The van der Waals surface area contributed by atoms with Crippen LogP contribution in [0, 0.1) is 0 Å². The van der Waals surface area contributed by atoms with E-state index < -0.39 is 8.32 Å². The van der Waals surface area contributed by atoms with Crippen molar-refractivity contribution in [1.29, 1.82) is 0 Å². The van der Waals surface area contributed by atoms with Crippen LogP contribution in [-0.4, -0.2) is 14.3 Å². The zero-order valence-electron chi connectivity index (χ0n) is 15.5. The molecule has 0 aromatic rings. The van der Waals surface area contributed by atoms with E-state index in [2.05, 4.69) is 55.0 Å². The Morgan fingerprint density at radius 3 is 1.52 bits per heavy atom. The molecule has 0 unspecified atom stereocenters. The van der Waals surface area contributed by atoms with Crippen LogP contribution in [0.4, 0.5) is 0 Å². The number of carbonyl (C=O) groups is 1. The highest BCUT2D eigenvalue weighted by molar-refractivity contribution is 6.80. The van der Waals surface area contributed by atoms with Gasteiger partial charge < -0.3 is 4.43 Å². The number of rotatable bonds is 8. The summed E-state index contributed by atoms with van der Waals surface area (Å²) in [5, 5.41) is 0.0332. The molecule has 0 bridgehead atoms. The zero-order chi connectivity index (χ0) is 16.8. The Bertz CT molecular complexity index is 335. The topological polar surface area (TPSA) is 26.3 Å². The maximum Gasteiger partial charge on any atom is 0.319 e. The van der Waals surface area contributed by atoms with Crippen molar-refractivity contribution in [3.05, 3.63) is 12.2 Å². The first kappa shape index (κ1) is 20.4. The lowest BCUT2D eigenvalue weighted by molar-refractivity contribution is -0.131. The molecular weight excluding hydrogens is 276 g/mol. The quantitative estimate of drug-likeness (QED) is 0.392. The van der Waals surface area contributed by atoms with Crippen molar-refractivity contribution in [3.63, 3.8) is 0 Å². The standard InChI is InChI=1S/C18H36O2Si/c1-10-15(11-2)21(18(7,8)9,16(12-3)13-4)20-17(19)14(5)6/h15-16H,5,10-13H2,1-4,6-9H3. The minimum absolute atomic E-state index is 0.0332. The summed E-state index contributed by atoms with van der Waals surface area (Å²) in [5.41, 5.74) is 1.53. The molecule has 0 aromatic carbocycles. The molecule has 0 saturated heterocycles. The number of hydrogen-bond acceptors (Lipinski definition) is 2. The fraction of sp³-hybridized carbons (Fsp3) is 0.833. The van der Waals surface area contributed by atoms with Crippen molar-refractivity contribution in [2.24, 2.45) is 0 Å². The van der Waals surface area contributed by atoms with E-state index in [0.29, 0.717) is 16.7 Å². The molecule has 0 atom stereocenters. The Morgan fingerprint density at radius 2 is 1.33 bits per heavy atom. The Labute approximate surface area is 133 Å². The van der Waals surface area contributed by atoms with Gasteiger partial charge in [-0.3, -0.25) is 0 Å². The highest BCUT2D eigenvalue weighted by atomic mass is 28.4. The van der Waals surface area contributed by atoms with Crippen LogP contribution in [0.5, 0.6) is 0 Å². The third-order valence-electron chi connectivity index (χ3n) is 4.97. The number of hydrogen-bond donors (Lipinski definition) is 0. The first-order chi connectivity index (χ1) is 9.62. The summed E-state index contributed by atoms with van der Waals surface area (Å²) in [6.45, 7) is 21.3. The van der Waals surface area contributed by atoms with E-state index in [9.17, 15) is 4.79 Å². The van der Waals surface area contributed by atoms with E-state index in [-0.39, 0.29) is 11.0 Å². The normalized spacial score (nSPS) is 12.9. The third kappa shape index (κ3) is 4.21. The lowest BCUT2D eigenvalue weighted by atomic mass is 10.2. The predicted octanol–water partition coefficient (Wildman–Crippen LogP) is 6.23. The van der Waals surface area contributed by atoms with Crippen LogP contribution in [-0.2, 0) is 9.22 Å². The molecule has 0 rings (SSSR count). The third-order valence-corrected chi connectivity index (χ3v) is 11.9. The highest BCUT2D eigenvalue weighted by Gasteiger charge is 2.57. The summed E-state index contributed by atoms with van der Waals surface area (Å²) >= 11 is 0. The lowest BCUT2D eigenvalue weighted by Gasteiger charge is -2.50. The van der Waals surface area contributed by atoms with Gasteiger partial charge in [0, 0.05) is 5.57 Å². The molecule has 0 aromatic heterocycles. The van der Waals surface area contributed by atoms with E-state index in [1.54, 1.807) is 6.92 Å². The smallest absolute Gasteiger partial charge is 0.319 e. The van der Waals surface area contributed by atoms with Crippen LogP contribution in [0.3, 0.4) is 0 Å². The molecule has 0 aliphatic heterocycles. The average Bonchev–Trinajstić information content (AvgIpc) is 2.39. The van der Waals surface area contributed by atoms with Gasteiger partial charge in [-0.1, -0.05) is 80.7 Å². The average molecular weight is 313 g/mol. The van der Waals surface area contributed by atoms with Gasteiger partial charge in [-0.05, 0) is 23.0 Å². The Balaban J connectivity index is 6.08. The molecule has 3 heteroatoms. The van der Waals surface area contributed by atoms with Crippen LogP contribution in [0.2, 0.25) is 16.1 Å². The van der Waals surface area contributed by atoms with E-state index >= 15 is 0 Å². The molecule has 0 spiro atoms. The first-order valence-electron chi connectivity index (χ1n) is 8.50. The van der Waals surface area contributed by atoms with Gasteiger partial charge in [-0.25, -0.2) is 4.79 Å². The molecule has 0 amide bonds. The second kappa shape index (κ2) is 8.16. The van der Waals surface area contributed by atoms with Gasteiger partial charge in [0.25, 0.3) is 8.32 Å². The lowest BCUT2D eigenvalue weighted by Crippen LogP contribution is -2.56. The molecule has 21 heavy (non-hydrogen) atoms. The minimum Gasteiger partial charge on any atom is -0.515 e. The van der Waals surface area contributed by atoms with Crippen LogP contribution in [0.25, 0.3) is 0 Å². The minimum atomic E-state index is -2.29. The fourth-order valence-corrected chi connectivity index (χ4v) is 10.6. The van der Waals surface area contributed by atoms with Crippen LogP contribution in [0.1, 0.15) is 81.1 Å². The highest BCUT2D eigenvalue weighted by Crippen LogP contribution is 2.55. The fourth-order valence-electron chi connectivity index (χ4n) is 3.91. The second-order valence-corrected chi connectivity index (χ2v) is 12.2. The van der Waals surface area contributed by atoms with Crippen LogP contribution >= 0.6 is 0 Å².